The van der Waals surface area contributed by atoms with Gasteiger partial charge < -0.3 is 0 Å². The fourth-order valence-electron chi connectivity index (χ4n) is 7.52. The summed E-state index contributed by atoms with van der Waals surface area (Å²) in [5, 5.41) is 2.42. The highest BCUT2D eigenvalue weighted by molar-refractivity contribution is 7.99. The fraction of sp³-hybridized carbons (Fsp3) is 0. The molecule has 0 N–H and O–H groups in total. The average molecular weight is 698 g/mol. The van der Waals surface area contributed by atoms with Crippen molar-refractivity contribution in [2.24, 2.45) is 0 Å². The maximum atomic E-state index is 4.97. The zero-order chi connectivity index (χ0) is 35.1. The normalized spacial score (nSPS) is 11.5. The Morgan fingerprint density at radius 3 is 1.81 bits per heavy atom. The van der Waals surface area contributed by atoms with Gasteiger partial charge in [-0.1, -0.05) is 127 Å². The van der Waals surface area contributed by atoms with Crippen LogP contribution in [0, 0.1) is 0 Å². The summed E-state index contributed by atoms with van der Waals surface area (Å²) in [6.07, 6.45) is 4.12. The number of pyridine rings is 1. The second-order valence-corrected chi connectivity index (χ2v) is 14.3. The van der Waals surface area contributed by atoms with Gasteiger partial charge in [0.05, 0.1) is 11.0 Å². The molecule has 0 fully saturated rings. The third kappa shape index (κ3) is 5.59. The number of nitrogens with zero attached hydrogens (tertiary/aromatic N) is 4. The van der Waals surface area contributed by atoms with E-state index in [0.717, 1.165) is 44.8 Å². The van der Waals surface area contributed by atoms with E-state index in [0.29, 0.717) is 0 Å². The average Bonchev–Trinajstić information content (AvgIpc) is 3.78. The Kier molecular flexibility index (Phi) is 7.70. The number of hydrogen-bond acceptors (Lipinski definition) is 2. The van der Waals surface area contributed by atoms with Crippen molar-refractivity contribution < 1.29 is 0 Å². The summed E-state index contributed by atoms with van der Waals surface area (Å²) in [5.74, 6) is 0.895. The van der Waals surface area contributed by atoms with E-state index in [1.807, 2.05) is 6.20 Å². The van der Waals surface area contributed by atoms with Crippen molar-refractivity contribution in [2.75, 3.05) is 0 Å². The van der Waals surface area contributed by atoms with Crippen LogP contribution in [0.1, 0.15) is 0 Å². The lowest BCUT2D eigenvalue weighted by Gasteiger charge is -2.13. The van der Waals surface area contributed by atoms with Crippen molar-refractivity contribution in [3.8, 4) is 39.4 Å². The minimum atomic E-state index is 0.895. The first kappa shape index (κ1) is 31.1. The van der Waals surface area contributed by atoms with Crippen molar-refractivity contribution in [1.29, 1.82) is 0 Å². The highest BCUT2D eigenvalue weighted by Crippen LogP contribution is 2.38. The molecule has 7 aromatic carbocycles. The molecule has 5 heteroatoms. The van der Waals surface area contributed by atoms with Gasteiger partial charge in [0.2, 0.25) is 0 Å². The molecule has 0 radical (unpaired) electrons. The molecule has 0 amide bonds. The molecule has 10 aromatic rings. The summed E-state index contributed by atoms with van der Waals surface area (Å²) >= 11 is 1.78. The molecule has 0 spiro atoms. The van der Waals surface area contributed by atoms with Crippen molar-refractivity contribution in [2.45, 2.75) is 9.79 Å². The van der Waals surface area contributed by atoms with Crippen molar-refractivity contribution in [3.05, 3.63) is 201 Å². The summed E-state index contributed by atoms with van der Waals surface area (Å²) in [7, 11) is 0. The SMILES string of the molecule is c1ccc(-c2ccccc2-c2ccnc(-n3c4ccccc4c4ccc(Sc5cccc(-n6[cH+]n(-c7ccccc7)c7ccccc76)c5)cc43)c2)cc1. The van der Waals surface area contributed by atoms with Crippen LogP contribution in [-0.4, -0.2) is 18.7 Å². The number of aromatic nitrogens is 4. The zero-order valence-corrected chi connectivity index (χ0v) is 29.6. The third-order valence-corrected chi connectivity index (χ3v) is 10.9. The lowest BCUT2D eigenvalue weighted by atomic mass is 9.95. The number of fused-ring (bicyclic) bond motifs is 4. The van der Waals surface area contributed by atoms with E-state index in [1.54, 1.807) is 11.8 Å². The third-order valence-electron chi connectivity index (χ3n) is 9.94. The maximum Gasteiger partial charge on any atom is 0.168 e. The Morgan fingerprint density at radius 1 is 0.415 bits per heavy atom. The standard InChI is InChI=1S/C48H33N4S/c1-3-14-34(15-4-1)40-20-7-8-21-41(40)35-28-29-49-48(30-35)52-44-23-10-9-22-42(44)43-27-26-39(32-47(43)52)53-38-19-13-18-37(31-38)51-33-50(36-16-5-2-6-17-36)45-24-11-12-25-46(45)51/h1-33H/q+1. The van der Waals surface area contributed by atoms with E-state index in [-0.39, 0.29) is 0 Å². The number of para-hydroxylation sites is 4. The molecule has 0 saturated carbocycles. The molecule has 0 aliphatic heterocycles. The first-order chi connectivity index (χ1) is 26.3. The van der Waals surface area contributed by atoms with Gasteiger partial charge in [0.15, 0.2) is 17.4 Å². The molecule has 0 aliphatic carbocycles. The molecule has 3 heterocycles. The number of benzene rings is 7. The van der Waals surface area contributed by atoms with Gasteiger partial charge in [-0.3, -0.25) is 4.57 Å². The van der Waals surface area contributed by atoms with E-state index in [2.05, 4.69) is 208 Å². The van der Waals surface area contributed by atoms with Gasteiger partial charge in [-0.05, 0) is 76.9 Å². The van der Waals surface area contributed by atoms with Gasteiger partial charge in [-0.25, -0.2) is 4.98 Å². The van der Waals surface area contributed by atoms with Crippen LogP contribution in [0.15, 0.2) is 210 Å². The Hall–Kier alpha value is -6.69. The molecule has 0 atom stereocenters. The maximum absolute atomic E-state index is 4.97. The Morgan fingerprint density at radius 2 is 1.02 bits per heavy atom. The van der Waals surface area contributed by atoms with Crippen LogP contribution < -0.4 is 0 Å². The van der Waals surface area contributed by atoms with Crippen molar-refractivity contribution in [1.82, 2.24) is 18.7 Å². The molecule has 0 bridgehead atoms. The van der Waals surface area contributed by atoms with Gasteiger partial charge in [-0.15, -0.1) is 0 Å². The first-order valence-corrected chi connectivity index (χ1v) is 18.6. The summed E-state index contributed by atoms with van der Waals surface area (Å²) in [5.41, 5.74) is 11.6. The summed E-state index contributed by atoms with van der Waals surface area (Å²) in [4.78, 5) is 7.31. The number of rotatable bonds is 7. The van der Waals surface area contributed by atoms with Gasteiger partial charge in [0.25, 0.3) is 0 Å². The fourth-order valence-corrected chi connectivity index (χ4v) is 8.42. The minimum Gasteiger partial charge on any atom is -0.294 e. The predicted molar refractivity (Wildman–Crippen MR) is 221 cm³/mol. The van der Waals surface area contributed by atoms with Gasteiger partial charge in [0.1, 0.15) is 17.2 Å². The highest BCUT2D eigenvalue weighted by Gasteiger charge is 2.19. The zero-order valence-electron chi connectivity index (χ0n) is 28.7. The second kappa shape index (κ2) is 13.1. The predicted octanol–water partition coefficient (Wildman–Crippen LogP) is 12.7. The Labute approximate surface area is 311 Å². The van der Waals surface area contributed by atoms with Crippen LogP contribution in [-0.2, 0) is 0 Å². The minimum absolute atomic E-state index is 0.895. The van der Waals surface area contributed by atoms with Crippen molar-refractivity contribution in [3.63, 3.8) is 0 Å². The van der Waals surface area contributed by atoms with E-state index >= 15 is 0 Å². The molecule has 0 saturated heterocycles. The molecular formula is C48H33N4S+. The first-order valence-electron chi connectivity index (χ1n) is 17.8. The van der Waals surface area contributed by atoms with Crippen LogP contribution in [0.2, 0.25) is 0 Å². The summed E-state index contributed by atoms with van der Waals surface area (Å²) < 4.78 is 6.85. The van der Waals surface area contributed by atoms with Crippen molar-refractivity contribution >= 4 is 44.6 Å². The quantitative estimate of drug-likeness (QED) is 0.155. The van der Waals surface area contributed by atoms with Crippen LogP contribution in [0.4, 0.5) is 0 Å². The molecule has 0 unspecified atom stereocenters. The molecule has 250 valence electrons. The van der Waals surface area contributed by atoms with E-state index in [9.17, 15) is 0 Å². The summed E-state index contributed by atoms with van der Waals surface area (Å²) in [6.45, 7) is 0. The number of hydrogen-bond donors (Lipinski definition) is 0. The Balaban J connectivity index is 1.05. The van der Waals surface area contributed by atoms with E-state index in [4.69, 9.17) is 4.98 Å². The summed E-state index contributed by atoms with van der Waals surface area (Å²) in [6, 6.07) is 66.9. The van der Waals surface area contributed by atoms with Crippen LogP contribution in [0.25, 0.3) is 72.3 Å². The molecule has 0 aliphatic rings. The lowest BCUT2D eigenvalue weighted by Crippen LogP contribution is -1.98. The van der Waals surface area contributed by atoms with E-state index < -0.39 is 0 Å². The van der Waals surface area contributed by atoms with Gasteiger partial charge >= 0.3 is 0 Å². The largest absolute Gasteiger partial charge is 0.294 e. The van der Waals surface area contributed by atoms with Crippen LogP contribution in [0.3, 0.4) is 0 Å². The van der Waals surface area contributed by atoms with Crippen LogP contribution in [0.5, 0.6) is 0 Å². The monoisotopic (exact) mass is 697 g/mol. The van der Waals surface area contributed by atoms with Gasteiger partial charge in [-0.2, -0.15) is 9.13 Å². The number of imidazole rings is 1. The smallest absolute Gasteiger partial charge is 0.168 e. The molecule has 3 aromatic heterocycles. The molecular weight excluding hydrogens is 665 g/mol. The lowest BCUT2D eigenvalue weighted by molar-refractivity contribution is 1.01. The molecule has 53 heavy (non-hydrogen) atoms. The molecule has 10 rings (SSSR count). The van der Waals surface area contributed by atoms with E-state index in [1.165, 1.54) is 37.3 Å². The Bertz CT molecular complexity index is 2930. The second-order valence-electron chi connectivity index (χ2n) is 13.1. The van der Waals surface area contributed by atoms with Crippen LogP contribution >= 0.6 is 11.8 Å². The highest BCUT2D eigenvalue weighted by atomic mass is 32.2. The van der Waals surface area contributed by atoms with Gasteiger partial charge in [0, 0.05) is 45.0 Å². The topological polar surface area (TPSA) is 27.7 Å². The molecule has 4 nitrogen and oxygen atoms in total.